The van der Waals surface area contributed by atoms with E-state index in [2.05, 4.69) is 37.0 Å². The summed E-state index contributed by atoms with van der Waals surface area (Å²) in [6.45, 7) is 7.10. The van der Waals surface area contributed by atoms with Crippen molar-refractivity contribution < 1.29 is 9.47 Å². The van der Waals surface area contributed by atoms with E-state index >= 15 is 0 Å². The van der Waals surface area contributed by atoms with Crippen molar-refractivity contribution in [3.8, 4) is 11.5 Å². The average molecular weight is 408 g/mol. The highest BCUT2D eigenvalue weighted by Crippen LogP contribution is 2.34. The minimum absolute atomic E-state index is 0.419. The van der Waals surface area contributed by atoms with E-state index in [1.54, 1.807) is 7.11 Å². The molecule has 4 heteroatoms. The van der Waals surface area contributed by atoms with Crippen molar-refractivity contribution in [2.24, 2.45) is 0 Å². The lowest BCUT2D eigenvalue weighted by Gasteiger charge is -2.17. The maximum absolute atomic E-state index is 6.14. The Labute approximate surface area is 177 Å². The van der Waals surface area contributed by atoms with Crippen LogP contribution in [-0.2, 0) is 19.6 Å². The molecular formula is C25H26ClNO2. The predicted octanol–water partition coefficient (Wildman–Crippen LogP) is 6.58. The molecule has 0 unspecified atom stereocenters. The second-order valence-electron chi connectivity index (χ2n) is 6.87. The Hall–Kier alpha value is -2.91. The lowest BCUT2D eigenvalue weighted by Crippen LogP contribution is -2.05. The topological polar surface area (TPSA) is 30.5 Å². The van der Waals surface area contributed by atoms with Crippen LogP contribution >= 0.6 is 11.6 Å². The van der Waals surface area contributed by atoms with Gasteiger partial charge in [0.05, 0.1) is 7.11 Å². The van der Waals surface area contributed by atoms with Gasteiger partial charge < -0.3 is 14.8 Å². The van der Waals surface area contributed by atoms with Crippen molar-refractivity contribution in [3.05, 3.63) is 101 Å². The Morgan fingerprint density at radius 3 is 2.59 bits per heavy atom. The van der Waals surface area contributed by atoms with Gasteiger partial charge in [-0.3, -0.25) is 0 Å². The molecule has 0 amide bonds. The third-order valence-corrected chi connectivity index (χ3v) is 4.91. The Kier molecular flexibility index (Phi) is 7.20. The minimum atomic E-state index is 0.419. The standard InChI is InChI=1S/C25H26ClNO2/c1-4-8-21-13-20(16-27-23-12-6-5-9-18(23)2)15-24(28-3)25(21)29-17-19-10-7-11-22(26)14-19/h4-7,9-15,27H,1,8,16-17H2,2-3H3. The van der Waals surface area contributed by atoms with Gasteiger partial charge in [-0.2, -0.15) is 0 Å². The zero-order valence-electron chi connectivity index (χ0n) is 16.9. The summed E-state index contributed by atoms with van der Waals surface area (Å²) in [4.78, 5) is 0. The Bertz CT molecular complexity index is 984. The number of nitrogens with one attached hydrogen (secondary N) is 1. The van der Waals surface area contributed by atoms with E-state index in [4.69, 9.17) is 21.1 Å². The lowest BCUT2D eigenvalue weighted by molar-refractivity contribution is 0.281. The van der Waals surface area contributed by atoms with Crippen molar-refractivity contribution >= 4 is 17.3 Å². The fourth-order valence-electron chi connectivity index (χ4n) is 3.20. The number of hydrogen-bond acceptors (Lipinski definition) is 3. The maximum atomic E-state index is 6.14. The summed E-state index contributed by atoms with van der Waals surface area (Å²) in [6.07, 6.45) is 2.57. The highest BCUT2D eigenvalue weighted by Gasteiger charge is 2.13. The number of halogens is 1. The van der Waals surface area contributed by atoms with Crippen LogP contribution in [0.4, 0.5) is 5.69 Å². The van der Waals surface area contributed by atoms with Crippen LogP contribution in [0.1, 0.15) is 22.3 Å². The van der Waals surface area contributed by atoms with Crippen LogP contribution < -0.4 is 14.8 Å². The molecule has 0 saturated heterocycles. The smallest absolute Gasteiger partial charge is 0.165 e. The van der Waals surface area contributed by atoms with Gasteiger partial charge in [-0.25, -0.2) is 0 Å². The summed E-state index contributed by atoms with van der Waals surface area (Å²) in [6, 6.07) is 20.1. The van der Waals surface area contributed by atoms with E-state index in [1.165, 1.54) is 5.56 Å². The van der Waals surface area contributed by atoms with E-state index in [9.17, 15) is 0 Å². The second-order valence-corrected chi connectivity index (χ2v) is 7.30. The molecule has 0 aliphatic heterocycles. The van der Waals surface area contributed by atoms with Gasteiger partial charge in [0, 0.05) is 22.8 Å². The first kappa shape index (κ1) is 20.8. The summed E-state index contributed by atoms with van der Waals surface area (Å²) in [5.74, 6) is 1.46. The van der Waals surface area contributed by atoms with Crippen molar-refractivity contribution in [2.45, 2.75) is 26.5 Å². The number of para-hydroxylation sites is 1. The molecule has 0 atom stereocenters. The summed E-state index contributed by atoms with van der Waals surface area (Å²) >= 11 is 6.08. The first-order chi connectivity index (χ1) is 14.1. The van der Waals surface area contributed by atoms with Crippen LogP contribution in [-0.4, -0.2) is 7.11 Å². The molecule has 0 aliphatic rings. The lowest BCUT2D eigenvalue weighted by atomic mass is 10.0. The third kappa shape index (κ3) is 5.55. The molecular weight excluding hydrogens is 382 g/mol. The molecule has 29 heavy (non-hydrogen) atoms. The molecule has 1 N–H and O–H groups in total. The Morgan fingerprint density at radius 2 is 1.86 bits per heavy atom. The van der Waals surface area contributed by atoms with Gasteiger partial charge in [0.2, 0.25) is 0 Å². The van der Waals surface area contributed by atoms with E-state index in [1.807, 2.05) is 48.5 Å². The molecule has 0 aromatic heterocycles. The second kappa shape index (κ2) is 10.0. The van der Waals surface area contributed by atoms with E-state index in [0.717, 1.165) is 28.1 Å². The largest absolute Gasteiger partial charge is 0.493 e. The van der Waals surface area contributed by atoms with Crippen LogP contribution in [0.5, 0.6) is 11.5 Å². The highest BCUT2D eigenvalue weighted by atomic mass is 35.5. The highest BCUT2D eigenvalue weighted by molar-refractivity contribution is 6.30. The number of aryl methyl sites for hydroxylation is 1. The predicted molar refractivity (Wildman–Crippen MR) is 121 cm³/mol. The molecule has 3 aromatic rings. The average Bonchev–Trinajstić information content (AvgIpc) is 2.72. The third-order valence-electron chi connectivity index (χ3n) is 4.68. The normalized spacial score (nSPS) is 10.4. The number of anilines is 1. The van der Waals surface area contributed by atoms with E-state index in [0.29, 0.717) is 30.3 Å². The molecule has 0 fully saturated rings. The SMILES string of the molecule is C=CCc1cc(CNc2ccccc2C)cc(OC)c1OCc1cccc(Cl)c1. The van der Waals surface area contributed by atoms with Crippen molar-refractivity contribution in [1.29, 1.82) is 0 Å². The van der Waals surface area contributed by atoms with Crippen molar-refractivity contribution in [3.63, 3.8) is 0 Å². The molecule has 0 aliphatic carbocycles. The fraction of sp³-hybridized carbons (Fsp3) is 0.200. The van der Waals surface area contributed by atoms with Gasteiger partial charge in [0.25, 0.3) is 0 Å². The quantitative estimate of drug-likeness (QED) is 0.406. The zero-order chi connectivity index (χ0) is 20.6. The molecule has 150 valence electrons. The molecule has 0 radical (unpaired) electrons. The molecule has 0 saturated carbocycles. The number of rotatable bonds is 9. The molecule has 0 bridgehead atoms. The van der Waals surface area contributed by atoms with E-state index in [-0.39, 0.29) is 0 Å². The molecule has 3 aromatic carbocycles. The van der Waals surface area contributed by atoms with Gasteiger partial charge in [-0.05, 0) is 60.4 Å². The van der Waals surface area contributed by atoms with Crippen LogP contribution in [0, 0.1) is 6.92 Å². The van der Waals surface area contributed by atoms with Gasteiger partial charge in [0.15, 0.2) is 11.5 Å². The number of allylic oxidation sites excluding steroid dienone is 1. The number of methoxy groups -OCH3 is 1. The number of hydrogen-bond donors (Lipinski definition) is 1. The molecule has 0 spiro atoms. The van der Waals surface area contributed by atoms with Crippen LogP contribution in [0.25, 0.3) is 0 Å². The van der Waals surface area contributed by atoms with Crippen molar-refractivity contribution in [2.75, 3.05) is 12.4 Å². The summed E-state index contributed by atoms with van der Waals surface area (Å²) < 4.78 is 11.8. The Balaban J connectivity index is 1.82. The maximum Gasteiger partial charge on any atom is 0.165 e. The van der Waals surface area contributed by atoms with Gasteiger partial charge >= 0.3 is 0 Å². The number of ether oxygens (including phenoxy) is 2. The van der Waals surface area contributed by atoms with Gasteiger partial charge in [-0.15, -0.1) is 6.58 Å². The minimum Gasteiger partial charge on any atom is -0.493 e. The summed E-state index contributed by atoms with van der Waals surface area (Å²) in [7, 11) is 1.66. The molecule has 0 heterocycles. The number of benzene rings is 3. The first-order valence-electron chi connectivity index (χ1n) is 9.58. The monoisotopic (exact) mass is 407 g/mol. The van der Waals surface area contributed by atoms with Crippen LogP contribution in [0.15, 0.2) is 73.3 Å². The van der Waals surface area contributed by atoms with Crippen LogP contribution in [0.3, 0.4) is 0 Å². The first-order valence-corrected chi connectivity index (χ1v) is 9.96. The van der Waals surface area contributed by atoms with Gasteiger partial charge in [0.1, 0.15) is 6.61 Å². The zero-order valence-corrected chi connectivity index (χ0v) is 17.6. The van der Waals surface area contributed by atoms with Gasteiger partial charge in [-0.1, -0.05) is 48.0 Å². The van der Waals surface area contributed by atoms with Crippen molar-refractivity contribution in [1.82, 2.24) is 0 Å². The Morgan fingerprint density at radius 1 is 1.03 bits per heavy atom. The summed E-state index contributed by atoms with van der Waals surface area (Å²) in [5.41, 5.74) is 5.51. The molecule has 3 rings (SSSR count). The fourth-order valence-corrected chi connectivity index (χ4v) is 3.41. The van der Waals surface area contributed by atoms with Crippen LogP contribution in [0.2, 0.25) is 5.02 Å². The summed E-state index contributed by atoms with van der Waals surface area (Å²) in [5, 5.41) is 4.19. The molecule has 3 nitrogen and oxygen atoms in total. The van der Waals surface area contributed by atoms with E-state index < -0.39 is 0 Å².